The van der Waals surface area contributed by atoms with Gasteiger partial charge in [-0.3, -0.25) is 14.5 Å². The van der Waals surface area contributed by atoms with Crippen LogP contribution in [0, 0.1) is 6.92 Å². The lowest BCUT2D eigenvalue weighted by atomic mass is 9.90. The van der Waals surface area contributed by atoms with Crippen LogP contribution in [0.25, 0.3) is 0 Å². The smallest absolute Gasteiger partial charge is 0.254 e. The van der Waals surface area contributed by atoms with Gasteiger partial charge in [0.25, 0.3) is 5.91 Å². The lowest BCUT2D eigenvalue weighted by Crippen LogP contribution is -2.53. The van der Waals surface area contributed by atoms with Crippen LogP contribution in [0.3, 0.4) is 0 Å². The molecule has 8 heteroatoms. The minimum Gasteiger partial charge on any atom is -0.338 e. The maximum atomic E-state index is 13.4. The molecular formula is C27H27Cl2N3O2S. The van der Waals surface area contributed by atoms with Gasteiger partial charge in [-0.2, -0.15) is 0 Å². The highest BCUT2D eigenvalue weighted by atomic mass is 35.5. The number of benzene rings is 2. The van der Waals surface area contributed by atoms with Crippen LogP contribution in [0.2, 0.25) is 10.0 Å². The van der Waals surface area contributed by atoms with Crippen molar-refractivity contribution in [2.45, 2.75) is 19.4 Å². The molecule has 3 heterocycles. The van der Waals surface area contributed by atoms with Crippen molar-refractivity contribution >= 4 is 46.4 Å². The summed E-state index contributed by atoms with van der Waals surface area (Å²) in [5.41, 5.74) is 4.33. The van der Waals surface area contributed by atoms with Gasteiger partial charge in [0.05, 0.1) is 22.6 Å². The van der Waals surface area contributed by atoms with Crippen molar-refractivity contribution in [2.24, 2.45) is 0 Å². The fourth-order valence-corrected chi connectivity index (χ4v) is 6.24. The Morgan fingerprint density at radius 1 is 0.914 bits per heavy atom. The third kappa shape index (κ3) is 4.98. The molecule has 1 saturated heterocycles. The average Bonchev–Trinajstić information content (AvgIpc) is 3.35. The highest BCUT2D eigenvalue weighted by Crippen LogP contribution is 2.38. The summed E-state index contributed by atoms with van der Waals surface area (Å²) in [7, 11) is 0. The highest BCUT2D eigenvalue weighted by Gasteiger charge is 2.33. The number of carbonyl (C=O) groups excluding carboxylic acids is 2. The first-order valence-corrected chi connectivity index (χ1v) is 13.4. The lowest BCUT2D eigenvalue weighted by Gasteiger charge is -2.39. The Labute approximate surface area is 219 Å². The quantitative estimate of drug-likeness (QED) is 0.462. The normalized spacial score (nSPS) is 18.4. The summed E-state index contributed by atoms with van der Waals surface area (Å²) in [6.45, 7) is 5.42. The van der Waals surface area contributed by atoms with Gasteiger partial charge >= 0.3 is 0 Å². The van der Waals surface area contributed by atoms with Gasteiger partial charge in [0.15, 0.2) is 0 Å². The molecule has 35 heavy (non-hydrogen) atoms. The zero-order valence-electron chi connectivity index (χ0n) is 19.5. The Kier molecular flexibility index (Phi) is 7.17. The largest absolute Gasteiger partial charge is 0.338 e. The van der Waals surface area contributed by atoms with Crippen molar-refractivity contribution in [1.82, 2.24) is 14.7 Å². The fourth-order valence-electron chi connectivity index (χ4n) is 5.04. The number of fused-ring (bicyclic) bond motifs is 1. The topological polar surface area (TPSA) is 43.9 Å². The third-order valence-electron chi connectivity index (χ3n) is 6.97. The number of aryl methyl sites for hydroxylation is 1. The molecule has 3 aromatic rings. The molecule has 0 radical (unpaired) electrons. The van der Waals surface area contributed by atoms with E-state index in [4.69, 9.17) is 23.2 Å². The van der Waals surface area contributed by atoms with Gasteiger partial charge < -0.3 is 9.80 Å². The molecular weight excluding hydrogens is 501 g/mol. The van der Waals surface area contributed by atoms with Crippen LogP contribution < -0.4 is 0 Å². The van der Waals surface area contributed by atoms with Gasteiger partial charge in [0.2, 0.25) is 5.91 Å². The van der Waals surface area contributed by atoms with E-state index in [1.54, 1.807) is 34.4 Å². The minimum absolute atomic E-state index is 0.0868. The third-order valence-corrected chi connectivity index (χ3v) is 8.71. The molecule has 0 saturated carbocycles. The van der Waals surface area contributed by atoms with Crippen LogP contribution in [-0.2, 0) is 11.2 Å². The zero-order chi connectivity index (χ0) is 24.5. The molecule has 0 unspecified atom stereocenters. The Bertz CT molecular complexity index is 1250. The summed E-state index contributed by atoms with van der Waals surface area (Å²) in [6.07, 6.45) is 0.967. The van der Waals surface area contributed by atoms with Gasteiger partial charge in [0, 0.05) is 43.2 Å². The van der Waals surface area contributed by atoms with E-state index < -0.39 is 0 Å². The van der Waals surface area contributed by atoms with E-state index in [0.717, 1.165) is 13.0 Å². The van der Waals surface area contributed by atoms with Gasteiger partial charge in [-0.25, -0.2) is 0 Å². The van der Waals surface area contributed by atoms with Crippen molar-refractivity contribution in [3.05, 3.63) is 91.1 Å². The Morgan fingerprint density at radius 3 is 2.40 bits per heavy atom. The second-order valence-corrected chi connectivity index (χ2v) is 10.9. The first-order chi connectivity index (χ1) is 16.9. The summed E-state index contributed by atoms with van der Waals surface area (Å²) >= 11 is 13.9. The van der Waals surface area contributed by atoms with E-state index in [0.29, 0.717) is 48.3 Å². The Hall–Kier alpha value is -2.38. The van der Waals surface area contributed by atoms with Gasteiger partial charge in [-0.15, -0.1) is 11.3 Å². The van der Waals surface area contributed by atoms with E-state index in [1.165, 1.54) is 21.6 Å². The van der Waals surface area contributed by atoms with Crippen molar-refractivity contribution in [1.29, 1.82) is 0 Å². The molecule has 1 aromatic heterocycles. The van der Waals surface area contributed by atoms with E-state index in [1.807, 2.05) is 4.90 Å². The first kappa shape index (κ1) is 24.3. The second-order valence-electron chi connectivity index (χ2n) is 9.08. The lowest BCUT2D eigenvalue weighted by molar-refractivity contribution is -0.134. The van der Waals surface area contributed by atoms with Gasteiger partial charge in [-0.1, -0.05) is 47.5 Å². The minimum atomic E-state index is -0.0868. The molecule has 5 rings (SSSR count). The highest BCUT2D eigenvalue weighted by molar-refractivity contribution is 7.10. The number of nitrogens with zero attached hydrogens (tertiary/aromatic N) is 3. The van der Waals surface area contributed by atoms with Crippen LogP contribution in [0.15, 0.2) is 53.9 Å². The van der Waals surface area contributed by atoms with Gasteiger partial charge in [-0.05, 0) is 59.7 Å². The predicted octanol–water partition coefficient (Wildman–Crippen LogP) is 5.30. The van der Waals surface area contributed by atoms with Crippen molar-refractivity contribution in [3.63, 3.8) is 0 Å². The summed E-state index contributed by atoms with van der Waals surface area (Å²) in [5.74, 6) is 0.0280. The number of rotatable bonds is 4. The molecule has 0 bridgehead atoms. The molecule has 0 spiro atoms. The van der Waals surface area contributed by atoms with Crippen molar-refractivity contribution in [3.8, 4) is 0 Å². The molecule has 2 aliphatic heterocycles. The van der Waals surface area contributed by atoms with Gasteiger partial charge in [0.1, 0.15) is 0 Å². The molecule has 5 nitrogen and oxygen atoms in total. The Balaban J connectivity index is 1.25. The van der Waals surface area contributed by atoms with E-state index in [2.05, 4.69) is 47.5 Å². The molecule has 2 aromatic carbocycles. The number of hydrogen-bond acceptors (Lipinski definition) is 4. The fraction of sp³-hybridized carbons (Fsp3) is 0.333. The van der Waals surface area contributed by atoms with Crippen LogP contribution in [-0.4, -0.2) is 65.8 Å². The van der Waals surface area contributed by atoms with E-state index in [9.17, 15) is 9.59 Å². The molecule has 2 amide bonds. The maximum Gasteiger partial charge on any atom is 0.254 e. The number of carbonyl (C=O) groups is 2. The van der Waals surface area contributed by atoms with E-state index in [-0.39, 0.29) is 17.9 Å². The average molecular weight is 529 g/mol. The number of piperazine rings is 1. The van der Waals surface area contributed by atoms with E-state index >= 15 is 0 Å². The number of halogens is 2. The van der Waals surface area contributed by atoms with Crippen LogP contribution in [0.1, 0.15) is 38.0 Å². The number of hydrogen-bond donors (Lipinski definition) is 0. The standard InChI is InChI=1S/C27H27Cl2N3O2S/c1-18-4-2-3-5-20(18)26-21-9-15-35-24(21)8-10-32(26)17-25(33)30-11-13-31(14-12-30)27(34)19-6-7-22(28)23(29)16-19/h2-7,9,15-16,26H,8,10-14,17H2,1H3/t26-/m0/s1. The summed E-state index contributed by atoms with van der Waals surface area (Å²) < 4.78 is 0. The van der Waals surface area contributed by atoms with Crippen LogP contribution in [0.5, 0.6) is 0 Å². The monoisotopic (exact) mass is 527 g/mol. The van der Waals surface area contributed by atoms with Crippen molar-refractivity contribution < 1.29 is 9.59 Å². The molecule has 0 N–H and O–H groups in total. The number of amides is 2. The van der Waals surface area contributed by atoms with Crippen LogP contribution >= 0.6 is 34.5 Å². The Morgan fingerprint density at radius 2 is 1.66 bits per heavy atom. The maximum absolute atomic E-state index is 13.4. The second kappa shape index (κ2) is 10.3. The molecule has 1 fully saturated rings. The molecule has 182 valence electrons. The molecule has 2 aliphatic rings. The predicted molar refractivity (Wildman–Crippen MR) is 142 cm³/mol. The summed E-state index contributed by atoms with van der Waals surface area (Å²) in [4.78, 5) is 33.6. The summed E-state index contributed by atoms with van der Waals surface area (Å²) in [6, 6.07) is 15.7. The SMILES string of the molecule is Cc1ccccc1[C@H]1c2ccsc2CCN1CC(=O)N1CCN(C(=O)c2ccc(Cl)c(Cl)c2)CC1. The van der Waals surface area contributed by atoms with Crippen LogP contribution in [0.4, 0.5) is 0 Å². The first-order valence-electron chi connectivity index (χ1n) is 11.8. The zero-order valence-corrected chi connectivity index (χ0v) is 21.9. The summed E-state index contributed by atoms with van der Waals surface area (Å²) in [5, 5.41) is 2.95. The molecule has 1 atom stereocenters. The molecule has 0 aliphatic carbocycles. The van der Waals surface area contributed by atoms with Crippen molar-refractivity contribution in [2.75, 3.05) is 39.3 Å². The number of thiophene rings is 1.